The normalized spacial score (nSPS) is 18.3. The van der Waals surface area contributed by atoms with Crippen molar-refractivity contribution in [1.82, 2.24) is 5.32 Å². The van der Waals surface area contributed by atoms with Crippen LogP contribution in [0, 0.1) is 0 Å². The van der Waals surface area contributed by atoms with Crippen LogP contribution >= 0.6 is 0 Å². The molecule has 1 heterocycles. The maximum atomic E-state index is 13.1. The summed E-state index contributed by atoms with van der Waals surface area (Å²) in [4.78, 5) is 13.1. The van der Waals surface area contributed by atoms with E-state index in [1.54, 1.807) is 6.08 Å². The van der Waals surface area contributed by atoms with Crippen LogP contribution in [0.15, 0.2) is 48.6 Å². The van der Waals surface area contributed by atoms with Crippen LogP contribution in [0.1, 0.15) is 373 Å². The number of carbonyl (C=O) groups excluding carboxylic acids is 1. The van der Waals surface area contributed by atoms with Gasteiger partial charge >= 0.3 is 0 Å². The molecule has 0 spiro atoms. The second-order valence-corrected chi connectivity index (χ2v) is 26.1. The van der Waals surface area contributed by atoms with Crippen LogP contribution in [-0.4, -0.2) is 87.5 Å². The summed E-state index contributed by atoms with van der Waals surface area (Å²) in [7, 11) is 0. The zero-order valence-electron chi connectivity index (χ0n) is 56.1. The first-order valence-electron chi connectivity index (χ1n) is 37.4. The predicted molar refractivity (Wildman–Crippen MR) is 364 cm³/mol. The van der Waals surface area contributed by atoms with Gasteiger partial charge in [0.15, 0.2) is 6.29 Å². The summed E-state index contributed by atoms with van der Waals surface area (Å²) in [6.45, 7) is 3.82. The lowest BCUT2D eigenvalue weighted by Crippen LogP contribution is -2.60. The van der Waals surface area contributed by atoms with Gasteiger partial charge in [0.1, 0.15) is 24.4 Å². The molecule has 0 aromatic carbocycles. The van der Waals surface area contributed by atoms with Crippen LogP contribution in [0.5, 0.6) is 0 Å². The van der Waals surface area contributed by atoms with Gasteiger partial charge in [0, 0.05) is 6.42 Å². The van der Waals surface area contributed by atoms with Crippen molar-refractivity contribution in [2.45, 2.75) is 416 Å². The molecule has 0 bridgehead atoms. The van der Waals surface area contributed by atoms with Gasteiger partial charge in [-0.1, -0.05) is 358 Å². The minimum atomic E-state index is -1.57. The van der Waals surface area contributed by atoms with E-state index in [1.807, 2.05) is 6.08 Å². The third kappa shape index (κ3) is 53.7. The SMILES string of the molecule is CCCCCCC/C=C\C/C=C\C/C=C\CCCCCCCCCCCCCCCCCCCCCCCCCCCCC(=O)NC(COC1OC(CO)C(O)C(O)C1O)C(O)/C=C/CCCCCCCCCCCCCCCCCCCCC. The Labute approximate surface area is 526 Å². The van der Waals surface area contributed by atoms with E-state index in [0.717, 1.165) is 51.4 Å². The number of allylic oxidation sites excluding steroid dienone is 7. The summed E-state index contributed by atoms with van der Waals surface area (Å²) in [6, 6.07) is -0.804. The van der Waals surface area contributed by atoms with Gasteiger partial charge in [0.25, 0.3) is 0 Å². The second kappa shape index (κ2) is 65.1. The Hall–Kier alpha value is -1.85. The fourth-order valence-electron chi connectivity index (χ4n) is 12.1. The van der Waals surface area contributed by atoms with Gasteiger partial charge in [-0.05, 0) is 57.8 Å². The maximum Gasteiger partial charge on any atom is 0.220 e. The minimum absolute atomic E-state index is 0.169. The third-order valence-corrected chi connectivity index (χ3v) is 17.9. The largest absolute Gasteiger partial charge is 0.394 e. The van der Waals surface area contributed by atoms with Gasteiger partial charge in [-0.25, -0.2) is 0 Å². The lowest BCUT2D eigenvalue weighted by molar-refractivity contribution is -0.302. The molecule has 1 aliphatic heterocycles. The number of aliphatic hydroxyl groups is 5. The summed E-state index contributed by atoms with van der Waals surface area (Å²) in [5.74, 6) is -0.169. The summed E-state index contributed by atoms with van der Waals surface area (Å²) < 4.78 is 11.3. The van der Waals surface area contributed by atoms with Gasteiger partial charge < -0.3 is 40.3 Å². The third-order valence-electron chi connectivity index (χ3n) is 17.9. The molecule has 0 saturated carbocycles. The Morgan fingerprint density at radius 3 is 1.02 bits per heavy atom. The highest BCUT2D eigenvalue weighted by molar-refractivity contribution is 5.76. The monoisotopic (exact) mass is 1200 g/mol. The van der Waals surface area contributed by atoms with Crippen LogP contribution in [0.25, 0.3) is 0 Å². The fraction of sp³-hybridized carbons (Fsp3) is 0.882. The van der Waals surface area contributed by atoms with E-state index in [0.29, 0.717) is 6.42 Å². The average Bonchev–Trinajstić information content (AvgIpc) is 3.68. The van der Waals surface area contributed by atoms with Crippen molar-refractivity contribution in [3.8, 4) is 0 Å². The summed E-state index contributed by atoms with van der Waals surface area (Å²) in [5, 5.41) is 54.8. The van der Waals surface area contributed by atoms with Crippen LogP contribution in [0.3, 0.4) is 0 Å². The number of ether oxygens (including phenoxy) is 2. The number of amides is 1. The molecule has 7 unspecified atom stereocenters. The van der Waals surface area contributed by atoms with Crippen molar-refractivity contribution in [2.24, 2.45) is 0 Å². The van der Waals surface area contributed by atoms with Crippen molar-refractivity contribution >= 4 is 5.91 Å². The first kappa shape index (κ1) is 81.2. The second-order valence-electron chi connectivity index (χ2n) is 26.1. The maximum absolute atomic E-state index is 13.1. The molecule has 500 valence electrons. The Morgan fingerprint density at radius 1 is 0.400 bits per heavy atom. The number of rotatable bonds is 66. The van der Waals surface area contributed by atoms with Crippen LogP contribution < -0.4 is 5.32 Å². The number of hydrogen-bond acceptors (Lipinski definition) is 8. The van der Waals surface area contributed by atoms with E-state index in [1.165, 1.54) is 302 Å². The predicted octanol–water partition coefficient (Wildman–Crippen LogP) is 20.8. The first-order chi connectivity index (χ1) is 41.8. The van der Waals surface area contributed by atoms with E-state index in [4.69, 9.17) is 9.47 Å². The summed E-state index contributed by atoms with van der Waals surface area (Å²) >= 11 is 0. The molecule has 9 nitrogen and oxygen atoms in total. The Balaban J connectivity index is 2.04. The molecule has 1 saturated heterocycles. The molecule has 1 amide bonds. The molecule has 0 aliphatic carbocycles. The van der Waals surface area contributed by atoms with Gasteiger partial charge in [-0.15, -0.1) is 0 Å². The zero-order chi connectivity index (χ0) is 61.4. The lowest BCUT2D eigenvalue weighted by atomic mass is 9.99. The molecule has 1 fully saturated rings. The van der Waals surface area contributed by atoms with Gasteiger partial charge in [0.05, 0.1) is 25.4 Å². The number of carbonyl (C=O) groups is 1. The zero-order valence-corrected chi connectivity index (χ0v) is 56.1. The standard InChI is InChI=1S/C76H143NO8/c1-3-5-7-9-11-13-15-17-19-21-23-25-26-27-28-29-30-31-32-33-34-35-36-37-38-39-40-41-42-43-44-46-48-50-52-54-56-58-60-62-64-66-72(80)77-69(68-84-76-75(83)74(82)73(81)71(67-78)85-76)70(79)65-63-61-59-57-55-53-51-49-47-45-24-22-20-18-16-14-12-10-8-6-4-2/h15,17,21,23,26-27,63,65,69-71,73-76,78-79,81-83H,3-14,16,18-20,22,24-25,28-62,64,66-68H2,1-2H3,(H,77,80)/b17-15-,23-21-,27-26-,65-63+. The van der Waals surface area contributed by atoms with Crippen LogP contribution in [0.4, 0.5) is 0 Å². The van der Waals surface area contributed by atoms with Gasteiger partial charge in [0.2, 0.25) is 5.91 Å². The van der Waals surface area contributed by atoms with Gasteiger partial charge in [-0.2, -0.15) is 0 Å². The molecule has 1 rings (SSSR count). The van der Waals surface area contributed by atoms with Crippen LogP contribution in [-0.2, 0) is 14.3 Å². The average molecular weight is 1200 g/mol. The summed E-state index contributed by atoms with van der Waals surface area (Å²) in [6.07, 6.45) is 82.4. The first-order valence-corrected chi connectivity index (χ1v) is 37.4. The lowest BCUT2D eigenvalue weighted by Gasteiger charge is -2.40. The number of aliphatic hydroxyl groups excluding tert-OH is 5. The molecule has 0 radical (unpaired) electrons. The van der Waals surface area contributed by atoms with E-state index in [-0.39, 0.29) is 12.5 Å². The molecule has 0 aromatic heterocycles. The van der Waals surface area contributed by atoms with E-state index >= 15 is 0 Å². The molecule has 0 aromatic rings. The Morgan fingerprint density at radius 2 is 0.694 bits per heavy atom. The van der Waals surface area contributed by atoms with Crippen molar-refractivity contribution in [3.05, 3.63) is 48.6 Å². The van der Waals surface area contributed by atoms with Crippen molar-refractivity contribution < 1.29 is 39.8 Å². The topological polar surface area (TPSA) is 149 Å². The Kier molecular flexibility index (Phi) is 62.2. The van der Waals surface area contributed by atoms with E-state index in [9.17, 15) is 30.3 Å². The molecule has 6 N–H and O–H groups in total. The minimum Gasteiger partial charge on any atom is -0.394 e. The number of nitrogens with one attached hydrogen (secondary N) is 1. The van der Waals surface area contributed by atoms with Gasteiger partial charge in [-0.3, -0.25) is 4.79 Å². The number of unbranched alkanes of at least 4 members (excludes halogenated alkanes) is 50. The van der Waals surface area contributed by atoms with Crippen LogP contribution in [0.2, 0.25) is 0 Å². The number of hydrogen-bond donors (Lipinski definition) is 6. The molecule has 9 heteroatoms. The molecular formula is C76H143NO8. The molecule has 85 heavy (non-hydrogen) atoms. The smallest absolute Gasteiger partial charge is 0.220 e. The fourth-order valence-corrected chi connectivity index (χ4v) is 12.1. The van der Waals surface area contributed by atoms with Crippen molar-refractivity contribution in [2.75, 3.05) is 13.2 Å². The quantitative estimate of drug-likeness (QED) is 0.0261. The summed E-state index contributed by atoms with van der Waals surface area (Å²) in [5.41, 5.74) is 0. The highest BCUT2D eigenvalue weighted by atomic mass is 16.7. The highest BCUT2D eigenvalue weighted by Gasteiger charge is 2.44. The van der Waals surface area contributed by atoms with Crippen molar-refractivity contribution in [1.29, 1.82) is 0 Å². The molecule has 1 aliphatic rings. The molecular weight excluding hydrogens is 1050 g/mol. The van der Waals surface area contributed by atoms with E-state index < -0.39 is 49.5 Å². The molecule has 7 atom stereocenters. The Bertz CT molecular complexity index is 1480. The van der Waals surface area contributed by atoms with E-state index in [2.05, 4.69) is 55.6 Å². The van der Waals surface area contributed by atoms with Crippen molar-refractivity contribution in [3.63, 3.8) is 0 Å². The highest BCUT2D eigenvalue weighted by Crippen LogP contribution is 2.24.